The van der Waals surface area contributed by atoms with E-state index in [4.69, 9.17) is 0 Å². The Morgan fingerprint density at radius 1 is 0.950 bits per heavy atom. The molecule has 2 heteroatoms. The zero-order valence-electron chi connectivity index (χ0n) is 13.9. The Labute approximate surface area is 129 Å². The van der Waals surface area contributed by atoms with E-state index in [1.165, 1.54) is 11.1 Å². The molecule has 0 aliphatic rings. The van der Waals surface area contributed by atoms with Gasteiger partial charge in [0.1, 0.15) is 0 Å². The molecule has 3 atom stereocenters. The third-order valence-electron chi connectivity index (χ3n) is 4.01. The van der Waals surface area contributed by atoms with Gasteiger partial charge in [0, 0.05) is 16.5 Å². The summed E-state index contributed by atoms with van der Waals surface area (Å²) in [5, 5.41) is 4.94. The van der Waals surface area contributed by atoms with Gasteiger partial charge in [-0.2, -0.15) is 11.8 Å². The summed E-state index contributed by atoms with van der Waals surface area (Å²) < 4.78 is 0. The second kappa shape index (κ2) is 8.74. The molecule has 0 amide bonds. The molecule has 1 N–H and O–H groups in total. The normalized spacial score (nSPS) is 16.1. The third-order valence-corrected chi connectivity index (χ3v) is 5.68. The standard InChI is InChI=1S/C18H31NS/c1-7-16-9-11-17(12-10-16)18(19-8-2)15(6)20-14(5)13(3)4/h9-15,18-19H,7-8H2,1-6H3. The number of rotatable bonds is 8. The van der Waals surface area contributed by atoms with Crippen molar-refractivity contribution in [3.63, 3.8) is 0 Å². The fourth-order valence-electron chi connectivity index (χ4n) is 2.31. The van der Waals surface area contributed by atoms with E-state index in [9.17, 15) is 0 Å². The van der Waals surface area contributed by atoms with E-state index < -0.39 is 0 Å². The second-order valence-corrected chi connectivity index (χ2v) is 7.68. The fraction of sp³-hybridized carbons (Fsp3) is 0.667. The molecule has 0 radical (unpaired) electrons. The molecule has 0 aliphatic heterocycles. The highest BCUT2D eigenvalue weighted by atomic mass is 32.2. The molecule has 1 nitrogen and oxygen atoms in total. The van der Waals surface area contributed by atoms with Gasteiger partial charge in [-0.3, -0.25) is 0 Å². The zero-order valence-corrected chi connectivity index (χ0v) is 14.8. The summed E-state index contributed by atoms with van der Waals surface area (Å²) in [6.45, 7) is 14.7. The van der Waals surface area contributed by atoms with Gasteiger partial charge in [0.2, 0.25) is 0 Å². The second-order valence-electron chi connectivity index (χ2n) is 5.92. The first-order valence-electron chi connectivity index (χ1n) is 7.97. The molecule has 0 saturated heterocycles. The van der Waals surface area contributed by atoms with Gasteiger partial charge in [-0.05, 0) is 30.0 Å². The number of thioether (sulfide) groups is 1. The molecule has 0 aliphatic carbocycles. The SMILES string of the molecule is CCNC(c1ccc(CC)cc1)C(C)SC(C)C(C)C. The molecule has 20 heavy (non-hydrogen) atoms. The third kappa shape index (κ3) is 5.14. The Balaban J connectivity index is 2.80. The van der Waals surface area contributed by atoms with Gasteiger partial charge in [0.05, 0.1) is 0 Å². The van der Waals surface area contributed by atoms with Gasteiger partial charge in [-0.15, -0.1) is 0 Å². The molecule has 0 aromatic heterocycles. The Morgan fingerprint density at radius 2 is 1.55 bits per heavy atom. The van der Waals surface area contributed by atoms with Gasteiger partial charge in [-0.1, -0.05) is 65.8 Å². The lowest BCUT2D eigenvalue weighted by Crippen LogP contribution is -2.30. The van der Waals surface area contributed by atoms with E-state index in [2.05, 4.69) is 82.9 Å². The van der Waals surface area contributed by atoms with E-state index in [1.54, 1.807) is 0 Å². The van der Waals surface area contributed by atoms with Gasteiger partial charge < -0.3 is 5.32 Å². The monoisotopic (exact) mass is 293 g/mol. The van der Waals surface area contributed by atoms with Crippen LogP contribution in [0.25, 0.3) is 0 Å². The van der Waals surface area contributed by atoms with Crippen LogP contribution in [0.2, 0.25) is 0 Å². The molecule has 114 valence electrons. The van der Waals surface area contributed by atoms with E-state index in [0.29, 0.717) is 16.5 Å². The minimum atomic E-state index is 0.442. The minimum Gasteiger partial charge on any atom is -0.309 e. The molecular weight excluding hydrogens is 262 g/mol. The Kier molecular flexibility index (Phi) is 7.68. The average molecular weight is 294 g/mol. The predicted octanol–water partition coefficient (Wildman–Crippen LogP) is 5.07. The van der Waals surface area contributed by atoms with Crippen molar-refractivity contribution in [1.29, 1.82) is 0 Å². The molecule has 0 heterocycles. The lowest BCUT2D eigenvalue weighted by Gasteiger charge is -2.28. The van der Waals surface area contributed by atoms with E-state index in [-0.39, 0.29) is 0 Å². The smallest absolute Gasteiger partial charge is 0.0437 e. The summed E-state index contributed by atoms with van der Waals surface area (Å²) >= 11 is 2.10. The highest BCUT2D eigenvalue weighted by molar-refractivity contribution is 8.00. The van der Waals surface area contributed by atoms with Crippen molar-refractivity contribution in [2.75, 3.05) is 6.54 Å². The largest absolute Gasteiger partial charge is 0.309 e. The van der Waals surface area contributed by atoms with Crippen LogP contribution in [-0.4, -0.2) is 17.0 Å². The molecule has 1 aromatic carbocycles. The molecule has 1 rings (SSSR count). The Bertz CT molecular complexity index is 372. The number of hydrogen-bond donors (Lipinski definition) is 1. The zero-order chi connectivity index (χ0) is 15.1. The first-order valence-corrected chi connectivity index (χ1v) is 8.91. The van der Waals surface area contributed by atoms with Gasteiger partial charge in [-0.25, -0.2) is 0 Å². The average Bonchev–Trinajstić information content (AvgIpc) is 2.44. The Hall–Kier alpha value is -0.470. The number of aryl methyl sites for hydroxylation is 1. The molecule has 1 aromatic rings. The number of hydrogen-bond acceptors (Lipinski definition) is 2. The van der Waals surface area contributed by atoms with Gasteiger partial charge in [0.15, 0.2) is 0 Å². The van der Waals surface area contributed by atoms with Crippen LogP contribution in [0.5, 0.6) is 0 Å². The highest BCUT2D eigenvalue weighted by Gasteiger charge is 2.22. The fourth-order valence-corrected chi connectivity index (χ4v) is 3.71. The van der Waals surface area contributed by atoms with Crippen molar-refractivity contribution in [2.45, 2.75) is 64.5 Å². The minimum absolute atomic E-state index is 0.442. The summed E-state index contributed by atoms with van der Waals surface area (Å²) in [6, 6.07) is 9.57. The van der Waals surface area contributed by atoms with Gasteiger partial charge in [0.25, 0.3) is 0 Å². The topological polar surface area (TPSA) is 12.0 Å². The number of benzene rings is 1. The van der Waals surface area contributed by atoms with Gasteiger partial charge >= 0.3 is 0 Å². The molecule has 3 unspecified atom stereocenters. The van der Waals surface area contributed by atoms with Crippen molar-refractivity contribution >= 4 is 11.8 Å². The van der Waals surface area contributed by atoms with E-state index in [0.717, 1.165) is 18.9 Å². The summed E-state index contributed by atoms with van der Waals surface area (Å²) in [4.78, 5) is 0. The van der Waals surface area contributed by atoms with Crippen LogP contribution >= 0.6 is 11.8 Å². The summed E-state index contributed by atoms with van der Waals surface area (Å²) in [5.41, 5.74) is 2.83. The molecule has 0 bridgehead atoms. The lowest BCUT2D eigenvalue weighted by molar-refractivity contribution is 0.542. The number of nitrogens with one attached hydrogen (secondary N) is 1. The molecule has 0 saturated carbocycles. The quantitative estimate of drug-likeness (QED) is 0.718. The maximum atomic E-state index is 3.66. The summed E-state index contributed by atoms with van der Waals surface area (Å²) in [6.07, 6.45) is 1.11. The molecule has 0 fully saturated rings. The molecular formula is C18H31NS. The maximum absolute atomic E-state index is 3.66. The maximum Gasteiger partial charge on any atom is 0.0437 e. The first kappa shape index (κ1) is 17.6. The predicted molar refractivity (Wildman–Crippen MR) is 93.6 cm³/mol. The van der Waals surface area contributed by atoms with Crippen molar-refractivity contribution in [3.05, 3.63) is 35.4 Å². The van der Waals surface area contributed by atoms with E-state index >= 15 is 0 Å². The van der Waals surface area contributed by atoms with Crippen LogP contribution in [0, 0.1) is 5.92 Å². The van der Waals surface area contributed by atoms with Crippen LogP contribution in [0.1, 0.15) is 58.7 Å². The van der Waals surface area contributed by atoms with E-state index in [1.807, 2.05) is 0 Å². The molecule has 0 spiro atoms. The summed E-state index contributed by atoms with van der Waals surface area (Å²) in [5.74, 6) is 0.729. The van der Waals surface area contributed by atoms with Crippen molar-refractivity contribution in [3.8, 4) is 0 Å². The Morgan fingerprint density at radius 3 is 2.00 bits per heavy atom. The van der Waals surface area contributed by atoms with Crippen LogP contribution in [0.3, 0.4) is 0 Å². The first-order chi connectivity index (χ1) is 9.49. The van der Waals surface area contributed by atoms with Crippen LogP contribution < -0.4 is 5.32 Å². The van der Waals surface area contributed by atoms with Crippen LogP contribution in [0.4, 0.5) is 0 Å². The van der Waals surface area contributed by atoms with Crippen molar-refractivity contribution < 1.29 is 0 Å². The van der Waals surface area contributed by atoms with Crippen LogP contribution in [0.15, 0.2) is 24.3 Å². The summed E-state index contributed by atoms with van der Waals surface area (Å²) in [7, 11) is 0. The van der Waals surface area contributed by atoms with Crippen LogP contribution in [-0.2, 0) is 6.42 Å². The highest BCUT2D eigenvalue weighted by Crippen LogP contribution is 2.32. The van der Waals surface area contributed by atoms with Crippen molar-refractivity contribution in [2.24, 2.45) is 5.92 Å². The lowest BCUT2D eigenvalue weighted by atomic mass is 10.0. The van der Waals surface area contributed by atoms with Crippen molar-refractivity contribution in [1.82, 2.24) is 5.32 Å².